The van der Waals surface area contributed by atoms with Gasteiger partial charge in [0.15, 0.2) is 10.9 Å². The molecule has 1 aromatic carbocycles. The molecule has 0 radical (unpaired) electrons. The summed E-state index contributed by atoms with van der Waals surface area (Å²) in [4.78, 5) is 25.1. The molecule has 3 aromatic rings. The maximum absolute atomic E-state index is 12.6. The SMILES string of the molecule is C[C@@H](CC(=O)c1ncnc(N)c1Cl)c1cnc(Nc2ccc(C(F)(F)F)cc2)s1. The lowest BCUT2D eigenvalue weighted by atomic mass is 10.0. The van der Waals surface area contributed by atoms with Crippen LogP contribution in [0.2, 0.25) is 5.02 Å². The van der Waals surface area contributed by atoms with Crippen molar-refractivity contribution < 1.29 is 18.0 Å². The zero-order valence-corrected chi connectivity index (χ0v) is 16.6. The number of nitrogen functional groups attached to an aromatic ring is 1. The number of rotatable bonds is 6. The Morgan fingerprint density at radius 1 is 1.24 bits per heavy atom. The number of thiazole rings is 1. The van der Waals surface area contributed by atoms with E-state index in [4.69, 9.17) is 17.3 Å². The number of hydrogen-bond acceptors (Lipinski definition) is 7. The minimum absolute atomic E-state index is 0.0265. The maximum atomic E-state index is 12.6. The first-order valence-corrected chi connectivity index (χ1v) is 9.53. The van der Waals surface area contributed by atoms with Crippen molar-refractivity contribution in [2.75, 3.05) is 11.1 Å². The van der Waals surface area contributed by atoms with E-state index in [0.717, 1.165) is 17.0 Å². The van der Waals surface area contributed by atoms with Crippen LogP contribution in [0, 0.1) is 0 Å². The van der Waals surface area contributed by atoms with Crippen molar-refractivity contribution in [3.05, 3.63) is 57.9 Å². The molecule has 0 amide bonds. The molecule has 11 heteroatoms. The molecule has 0 bridgehead atoms. The highest BCUT2D eigenvalue weighted by Gasteiger charge is 2.30. The summed E-state index contributed by atoms with van der Waals surface area (Å²) in [6, 6.07) is 4.65. The molecule has 0 aliphatic heterocycles. The predicted octanol–water partition coefficient (Wildman–Crippen LogP) is 5.31. The Morgan fingerprint density at radius 2 is 1.93 bits per heavy atom. The van der Waals surface area contributed by atoms with Gasteiger partial charge in [0.2, 0.25) is 0 Å². The van der Waals surface area contributed by atoms with E-state index in [1.54, 1.807) is 6.20 Å². The van der Waals surface area contributed by atoms with Crippen molar-refractivity contribution in [1.29, 1.82) is 0 Å². The lowest BCUT2D eigenvalue weighted by Gasteiger charge is -2.09. The molecule has 2 heterocycles. The van der Waals surface area contributed by atoms with Crippen LogP contribution in [-0.4, -0.2) is 20.7 Å². The van der Waals surface area contributed by atoms with Crippen LogP contribution in [0.25, 0.3) is 0 Å². The maximum Gasteiger partial charge on any atom is 0.416 e. The number of halogens is 4. The second-order valence-electron chi connectivity index (χ2n) is 6.22. The van der Waals surface area contributed by atoms with E-state index >= 15 is 0 Å². The third-order valence-electron chi connectivity index (χ3n) is 4.04. The first-order chi connectivity index (χ1) is 13.6. The number of anilines is 3. The van der Waals surface area contributed by atoms with Gasteiger partial charge >= 0.3 is 6.18 Å². The molecule has 0 fully saturated rings. The van der Waals surface area contributed by atoms with Gasteiger partial charge < -0.3 is 11.1 Å². The average molecular weight is 442 g/mol. The molecule has 0 aliphatic rings. The number of benzene rings is 1. The monoisotopic (exact) mass is 441 g/mol. The molecule has 0 spiro atoms. The summed E-state index contributed by atoms with van der Waals surface area (Å²) >= 11 is 7.29. The van der Waals surface area contributed by atoms with Crippen LogP contribution in [0.3, 0.4) is 0 Å². The van der Waals surface area contributed by atoms with Crippen LogP contribution >= 0.6 is 22.9 Å². The molecule has 3 rings (SSSR count). The lowest BCUT2D eigenvalue weighted by Crippen LogP contribution is -2.09. The van der Waals surface area contributed by atoms with Crippen LogP contribution in [0.1, 0.15) is 40.2 Å². The van der Waals surface area contributed by atoms with Gasteiger partial charge in [0.05, 0.1) is 5.56 Å². The topological polar surface area (TPSA) is 93.8 Å². The molecule has 3 N–H and O–H groups in total. The molecule has 0 aliphatic carbocycles. The number of Topliss-reactive ketones (excluding diaryl/α,β-unsaturated/α-hetero) is 1. The normalized spacial score (nSPS) is 12.6. The minimum atomic E-state index is -4.38. The van der Waals surface area contributed by atoms with E-state index in [1.165, 1.54) is 29.8 Å². The number of aromatic nitrogens is 3. The van der Waals surface area contributed by atoms with Gasteiger partial charge in [-0.3, -0.25) is 4.79 Å². The molecule has 152 valence electrons. The summed E-state index contributed by atoms with van der Waals surface area (Å²) in [6.45, 7) is 1.85. The van der Waals surface area contributed by atoms with Crippen molar-refractivity contribution in [2.45, 2.75) is 25.4 Å². The molecule has 0 unspecified atom stereocenters. The van der Waals surface area contributed by atoms with Crippen molar-refractivity contribution in [3.8, 4) is 0 Å². The minimum Gasteiger partial charge on any atom is -0.382 e. The lowest BCUT2D eigenvalue weighted by molar-refractivity contribution is -0.137. The predicted molar refractivity (Wildman–Crippen MR) is 106 cm³/mol. The standard InChI is InChI=1S/C18H15ClF3N5OS/c1-9(6-12(28)15-14(19)16(23)26-8-25-15)13-7-24-17(29-13)27-11-4-2-10(3-5-11)18(20,21)22/h2-5,7-9H,6H2,1H3,(H,24,27)(H2,23,25,26)/t9-/m0/s1. The van der Waals surface area contributed by atoms with Crippen LogP contribution in [0.4, 0.5) is 29.8 Å². The largest absolute Gasteiger partial charge is 0.416 e. The Balaban J connectivity index is 1.66. The van der Waals surface area contributed by atoms with Gasteiger partial charge in [-0.1, -0.05) is 18.5 Å². The molecular weight excluding hydrogens is 427 g/mol. The Morgan fingerprint density at radius 3 is 2.59 bits per heavy atom. The highest BCUT2D eigenvalue weighted by atomic mass is 35.5. The van der Waals surface area contributed by atoms with Gasteiger partial charge in [0, 0.05) is 23.2 Å². The summed E-state index contributed by atoms with van der Waals surface area (Å²) in [5.41, 5.74) is 5.42. The Hall–Kier alpha value is -2.72. The second kappa shape index (κ2) is 8.34. The summed E-state index contributed by atoms with van der Waals surface area (Å²) in [5.74, 6) is -0.406. The van der Waals surface area contributed by atoms with E-state index in [2.05, 4.69) is 20.3 Å². The van der Waals surface area contributed by atoms with E-state index < -0.39 is 11.7 Å². The van der Waals surface area contributed by atoms with Gasteiger partial charge in [-0.15, -0.1) is 11.3 Å². The number of hydrogen-bond donors (Lipinski definition) is 2. The number of carbonyl (C=O) groups is 1. The van der Waals surface area contributed by atoms with Gasteiger partial charge in [-0.25, -0.2) is 15.0 Å². The highest BCUT2D eigenvalue weighted by Crippen LogP contribution is 2.33. The molecule has 0 saturated carbocycles. The summed E-state index contributed by atoms with van der Waals surface area (Å²) in [6.07, 6.45) is -1.45. The smallest absolute Gasteiger partial charge is 0.382 e. The molecule has 29 heavy (non-hydrogen) atoms. The summed E-state index contributed by atoms with van der Waals surface area (Å²) in [7, 11) is 0. The van der Waals surface area contributed by atoms with Crippen LogP contribution < -0.4 is 11.1 Å². The number of alkyl halides is 3. The van der Waals surface area contributed by atoms with Gasteiger partial charge in [-0.05, 0) is 30.2 Å². The fraction of sp³-hybridized carbons (Fsp3) is 0.222. The number of carbonyl (C=O) groups excluding carboxylic acids is 1. The fourth-order valence-electron chi connectivity index (χ4n) is 2.49. The van der Waals surface area contributed by atoms with Crippen LogP contribution in [-0.2, 0) is 6.18 Å². The van der Waals surface area contributed by atoms with Crippen LogP contribution in [0.15, 0.2) is 36.8 Å². The summed E-state index contributed by atoms with van der Waals surface area (Å²) in [5, 5.41) is 3.49. The number of nitrogens with zero attached hydrogens (tertiary/aromatic N) is 3. The van der Waals surface area contributed by atoms with Gasteiger partial charge in [0.1, 0.15) is 22.9 Å². The Bertz CT molecular complexity index is 1020. The third-order valence-corrected chi connectivity index (χ3v) is 5.56. The highest BCUT2D eigenvalue weighted by molar-refractivity contribution is 7.15. The zero-order valence-electron chi connectivity index (χ0n) is 15.0. The van der Waals surface area contributed by atoms with E-state index in [1.807, 2.05) is 6.92 Å². The van der Waals surface area contributed by atoms with Gasteiger partial charge in [0.25, 0.3) is 0 Å². The molecule has 0 saturated heterocycles. The van der Waals surface area contributed by atoms with Crippen LogP contribution in [0.5, 0.6) is 0 Å². The van der Waals surface area contributed by atoms with Crippen molar-refractivity contribution in [1.82, 2.24) is 15.0 Å². The first-order valence-electron chi connectivity index (χ1n) is 8.34. The Kier molecular flexibility index (Phi) is 6.04. The molecule has 1 atom stereocenters. The first kappa shape index (κ1) is 21.0. The summed E-state index contributed by atoms with van der Waals surface area (Å²) < 4.78 is 37.9. The zero-order chi connectivity index (χ0) is 21.2. The number of ketones is 1. The Labute approximate surface area is 173 Å². The van der Waals surface area contributed by atoms with E-state index in [0.29, 0.717) is 10.8 Å². The molecule has 2 aromatic heterocycles. The van der Waals surface area contributed by atoms with Crippen molar-refractivity contribution in [3.63, 3.8) is 0 Å². The van der Waals surface area contributed by atoms with Gasteiger partial charge in [-0.2, -0.15) is 13.2 Å². The number of nitrogens with one attached hydrogen (secondary N) is 1. The van der Waals surface area contributed by atoms with E-state index in [9.17, 15) is 18.0 Å². The molecule has 6 nitrogen and oxygen atoms in total. The van der Waals surface area contributed by atoms with Crippen molar-refractivity contribution >= 4 is 45.4 Å². The second-order valence-corrected chi connectivity index (χ2v) is 7.66. The quantitative estimate of drug-likeness (QED) is 0.503. The van der Waals surface area contributed by atoms with Crippen molar-refractivity contribution in [2.24, 2.45) is 0 Å². The average Bonchev–Trinajstić information content (AvgIpc) is 3.12. The molecular formula is C18H15ClF3N5OS. The van der Waals surface area contributed by atoms with E-state index in [-0.39, 0.29) is 34.7 Å². The fourth-order valence-corrected chi connectivity index (χ4v) is 3.58. The third kappa shape index (κ3) is 5.01. The number of nitrogens with two attached hydrogens (primary N) is 1.